The van der Waals surface area contributed by atoms with Crippen LogP contribution in [0.15, 0.2) is 29.1 Å². The molecule has 0 saturated heterocycles. The monoisotopic (exact) mass is 295 g/mol. The highest BCUT2D eigenvalue weighted by atomic mass is 35.5. The van der Waals surface area contributed by atoms with Crippen molar-refractivity contribution in [1.82, 2.24) is 4.98 Å². The first kappa shape index (κ1) is 14.4. The van der Waals surface area contributed by atoms with Crippen LogP contribution in [0.3, 0.4) is 0 Å². The fourth-order valence-corrected chi connectivity index (χ4v) is 2.07. The van der Waals surface area contributed by atoms with Crippen molar-refractivity contribution in [3.05, 3.63) is 39.6 Å². The second-order valence-corrected chi connectivity index (χ2v) is 4.57. The van der Waals surface area contributed by atoms with E-state index < -0.39 is 0 Å². The van der Waals surface area contributed by atoms with E-state index in [9.17, 15) is 9.59 Å². The summed E-state index contributed by atoms with van der Waals surface area (Å²) in [5, 5.41) is 1.16. The quantitative estimate of drug-likeness (QED) is 0.680. The van der Waals surface area contributed by atoms with Crippen molar-refractivity contribution in [2.24, 2.45) is 0 Å². The number of carbonyl (C=O) groups is 1. The average Bonchev–Trinajstić information content (AvgIpc) is 2.45. The van der Waals surface area contributed by atoms with Crippen LogP contribution in [0.4, 0.5) is 0 Å². The molecule has 0 radical (unpaired) electrons. The van der Waals surface area contributed by atoms with Crippen LogP contribution in [0, 0.1) is 0 Å². The van der Waals surface area contributed by atoms with Gasteiger partial charge in [0, 0.05) is 17.9 Å². The minimum Gasteiger partial charge on any atom is -0.492 e. The van der Waals surface area contributed by atoms with E-state index in [0.29, 0.717) is 35.7 Å². The Labute approximate surface area is 120 Å². The molecule has 0 atom stereocenters. The van der Waals surface area contributed by atoms with Gasteiger partial charge in [-0.25, -0.2) is 0 Å². The van der Waals surface area contributed by atoms with Crippen LogP contribution in [0.2, 0.25) is 5.02 Å². The van der Waals surface area contributed by atoms with Gasteiger partial charge in [0.05, 0.1) is 24.3 Å². The number of methoxy groups -OCH3 is 1. The van der Waals surface area contributed by atoms with Gasteiger partial charge in [0.15, 0.2) is 0 Å². The molecule has 0 spiro atoms. The number of carbonyl (C=O) groups excluding carboxylic acids is 1. The minimum atomic E-state index is -0.268. The van der Waals surface area contributed by atoms with Crippen molar-refractivity contribution in [2.75, 3.05) is 13.7 Å². The lowest BCUT2D eigenvalue weighted by Crippen LogP contribution is -2.05. The molecular formula is C14H14ClNO4. The van der Waals surface area contributed by atoms with Gasteiger partial charge in [-0.2, -0.15) is 0 Å². The number of aromatic nitrogens is 1. The number of fused-ring (bicyclic) bond motifs is 1. The largest absolute Gasteiger partial charge is 0.492 e. The average molecular weight is 296 g/mol. The van der Waals surface area contributed by atoms with Gasteiger partial charge in [0.1, 0.15) is 5.75 Å². The third kappa shape index (κ3) is 3.30. The first-order valence-electron chi connectivity index (χ1n) is 6.13. The Morgan fingerprint density at radius 1 is 1.30 bits per heavy atom. The number of ether oxygens (including phenoxy) is 2. The number of pyridine rings is 1. The summed E-state index contributed by atoms with van der Waals surface area (Å²) in [6, 6.07) is 6.49. The Morgan fingerprint density at radius 3 is 2.85 bits per heavy atom. The van der Waals surface area contributed by atoms with E-state index in [0.717, 1.165) is 5.39 Å². The maximum atomic E-state index is 11.2. The maximum absolute atomic E-state index is 11.2. The number of nitrogens with one attached hydrogen (secondary N) is 1. The molecule has 20 heavy (non-hydrogen) atoms. The van der Waals surface area contributed by atoms with E-state index in [-0.39, 0.29) is 11.5 Å². The normalized spacial score (nSPS) is 10.5. The van der Waals surface area contributed by atoms with E-state index >= 15 is 0 Å². The number of hydrogen-bond acceptors (Lipinski definition) is 4. The molecule has 0 bridgehead atoms. The van der Waals surface area contributed by atoms with Gasteiger partial charge < -0.3 is 14.5 Å². The molecule has 2 aromatic rings. The number of H-pyrrole nitrogens is 1. The highest BCUT2D eigenvalue weighted by Crippen LogP contribution is 2.31. The predicted molar refractivity (Wildman–Crippen MR) is 76.3 cm³/mol. The molecule has 0 saturated carbocycles. The molecule has 0 aliphatic rings. The zero-order valence-electron chi connectivity index (χ0n) is 10.9. The Bertz CT molecular complexity index is 680. The van der Waals surface area contributed by atoms with Crippen LogP contribution in [-0.2, 0) is 9.53 Å². The second kappa shape index (κ2) is 6.43. The zero-order chi connectivity index (χ0) is 14.5. The molecule has 0 unspecified atom stereocenters. The summed E-state index contributed by atoms with van der Waals surface area (Å²) in [7, 11) is 1.35. The first-order valence-corrected chi connectivity index (χ1v) is 6.51. The van der Waals surface area contributed by atoms with Gasteiger partial charge in [-0.05, 0) is 24.6 Å². The summed E-state index contributed by atoms with van der Waals surface area (Å²) >= 11 is 6.22. The molecule has 1 aromatic heterocycles. The van der Waals surface area contributed by atoms with Crippen molar-refractivity contribution in [3.63, 3.8) is 0 Å². The molecule has 1 N–H and O–H groups in total. The van der Waals surface area contributed by atoms with Gasteiger partial charge in [0.2, 0.25) is 5.56 Å². The number of hydrogen-bond donors (Lipinski definition) is 1. The number of esters is 1. The molecule has 2 rings (SSSR count). The lowest BCUT2D eigenvalue weighted by Gasteiger charge is -2.09. The highest BCUT2D eigenvalue weighted by molar-refractivity contribution is 6.36. The topological polar surface area (TPSA) is 68.4 Å². The molecule has 5 nitrogen and oxygen atoms in total. The van der Waals surface area contributed by atoms with Crippen molar-refractivity contribution in [2.45, 2.75) is 12.8 Å². The van der Waals surface area contributed by atoms with Gasteiger partial charge in [-0.15, -0.1) is 0 Å². The number of halogens is 1. The first-order chi connectivity index (χ1) is 9.61. The Morgan fingerprint density at radius 2 is 2.10 bits per heavy atom. The molecule has 1 aromatic carbocycles. The van der Waals surface area contributed by atoms with E-state index in [1.807, 2.05) is 0 Å². The molecule has 106 valence electrons. The van der Waals surface area contributed by atoms with Gasteiger partial charge in [0.25, 0.3) is 0 Å². The zero-order valence-corrected chi connectivity index (χ0v) is 11.7. The van der Waals surface area contributed by atoms with E-state index in [1.165, 1.54) is 13.2 Å². The lowest BCUT2D eigenvalue weighted by molar-refractivity contribution is -0.140. The van der Waals surface area contributed by atoms with Gasteiger partial charge in [-0.3, -0.25) is 9.59 Å². The third-order valence-electron chi connectivity index (χ3n) is 2.81. The van der Waals surface area contributed by atoms with Crippen LogP contribution < -0.4 is 10.3 Å². The van der Waals surface area contributed by atoms with Crippen molar-refractivity contribution in [3.8, 4) is 5.75 Å². The summed E-state index contributed by atoms with van der Waals surface area (Å²) < 4.78 is 10.1. The fourth-order valence-electron chi connectivity index (χ4n) is 1.79. The molecule has 0 aliphatic carbocycles. The lowest BCUT2D eigenvalue weighted by atomic mass is 10.2. The highest BCUT2D eigenvalue weighted by Gasteiger charge is 2.08. The van der Waals surface area contributed by atoms with E-state index in [4.69, 9.17) is 16.3 Å². The van der Waals surface area contributed by atoms with Crippen LogP contribution in [-0.4, -0.2) is 24.7 Å². The molecular weight excluding hydrogens is 282 g/mol. The van der Waals surface area contributed by atoms with Crippen molar-refractivity contribution >= 4 is 28.5 Å². The molecule has 1 heterocycles. The molecule has 6 heteroatoms. The third-order valence-corrected chi connectivity index (χ3v) is 3.20. The van der Waals surface area contributed by atoms with Gasteiger partial charge >= 0.3 is 5.97 Å². The Hall–Kier alpha value is -2.01. The number of aromatic amines is 1. The summed E-state index contributed by atoms with van der Waals surface area (Å²) in [4.78, 5) is 24.9. The second-order valence-electron chi connectivity index (χ2n) is 4.19. The van der Waals surface area contributed by atoms with E-state index in [1.54, 1.807) is 18.2 Å². The van der Waals surface area contributed by atoms with Crippen LogP contribution >= 0.6 is 11.6 Å². The Kier molecular flexibility index (Phi) is 4.63. The molecule has 0 amide bonds. The molecule has 0 aliphatic heterocycles. The van der Waals surface area contributed by atoms with Crippen LogP contribution in [0.1, 0.15) is 12.8 Å². The summed E-state index contributed by atoms with van der Waals surface area (Å²) in [5.41, 5.74) is 0.477. The minimum absolute atomic E-state index is 0.180. The molecule has 0 fully saturated rings. The Balaban J connectivity index is 2.07. The summed E-state index contributed by atoms with van der Waals surface area (Å²) in [5.74, 6) is 0.256. The maximum Gasteiger partial charge on any atom is 0.305 e. The smallest absolute Gasteiger partial charge is 0.305 e. The fraction of sp³-hybridized carbons (Fsp3) is 0.286. The summed E-state index contributed by atoms with van der Waals surface area (Å²) in [6.07, 6.45) is 0.849. The van der Waals surface area contributed by atoms with Crippen LogP contribution in [0.5, 0.6) is 5.75 Å². The van der Waals surface area contributed by atoms with Gasteiger partial charge in [-0.1, -0.05) is 11.6 Å². The van der Waals surface area contributed by atoms with Crippen LogP contribution in [0.25, 0.3) is 10.9 Å². The standard InChI is InChI=1S/C14H14ClNO4/c1-19-13(18)3-2-8-20-11-6-5-10-9(14(11)15)4-7-12(17)16-10/h4-7H,2-3,8H2,1H3,(H,16,17). The summed E-state index contributed by atoms with van der Waals surface area (Å²) in [6.45, 7) is 0.365. The van der Waals surface area contributed by atoms with Crippen molar-refractivity contribution < 1.29 is 14.3 Å². The number of benzene rings is 1. The van der Waals surface area contributed by atoms with Crippen molar-refractivity contribution in [1.29, 1.82) is 0 Å². The predicted octanol–water partition coefficient (Wildman–Crippen LogP) is 2.51. The van der Waals surface area contributed by atoms with E-state index in [2.05, 4.69) is 9.72 Å². The SMILES string of the molecule is COC(=O)CCCOc1ccc2[nH]c(=O)ccc2c1Cl. The number of rotatable bonds is 5.